The fraction of sp³-hybridized carbons (Fsp3) is 0.118. The van der Waals surface area contributed by atoms with Crippen LogP contribution in [0.1, 0.15) is 0 Å². The molecule has 0 atom stereocenters. The lowest BCUT2D eigenvalue weighted by molar-refractivity contribution is 0.355. The third-order valence-electron chi connectivity index (χ3n) is 7.56. The minimum Gasteiger partial charge on any atom is -0.493 e. The number of rotatable bonds is 6. The number of hydrogen-bond donors (Lipinski definition) is 0. The van der Waals surface area contributed by atoms with Gasteiger partial charge in [0.05, 0.1) is 50.2 Å². The van der Waals surface area contributed by atoms with Crippen LogP contribution in [0.5, 0.6) is 23.0 Å². The van der Waals surface area contributed by atoms with Crippen LogP contribution in [0, 0.1) is 0 Å². The summed E-state index contributed by atoms with van der Waals surface area (Å²) in [7, 11) is 6.05. The molecule has 0 radical (unpaired) electrons. The first-order valence-corrected chi connectivity index (χ1v) is 13.5. The van der Waals surface area contributed by atoms with Crippen LogP contribution in [0.2, 0.25) is 0 Å². The molecule has 2 aromatic heterocycles. The Hall–Kier alpha value is -5.90. The average Bonchev–Trinajstić information content (AvgIpc) is 3.05. The smallest absolute Gasteiger partial charge is 0.347 e. The highest BCUT2D eigenvalue weighted by molar-refractivity contribution is 6.00. The molecule has 0 saturated heterocycles. The molecule has 44 heavy (non-hydrogen) atoms. The first-order valence-electron chi connectivity index (χ1n) is 13.5. The van der Waals surface area contributed by atoms with Crippen LogP contribution in [0.15, 0.2) is 91.2 Å². The highest BCUT2D eigenvalue weighted by atomic mass is 16.5. The summed E-state index contributed by atoms with van der Waals surface area (Å²) in [6, 6.07) is 21.9. The van der Waals surface area contributed by atoms with Crippen LogP contribution in [-0.2, 0) is 0 Å². The molecule has 0 N–H and O–H groups in total. The van der Waals surface area contributed by atoms with Crippen molar-refractivity contribution in [2.24, 2.45) is 0 Å². The van der Waals surface area contributed by atoms with Gasteiger partial charge in [-0.15, -0.1) is 0 Å². The van der Waals surface area contributed by atoms with Crippen LogP contribution < -0.4 is 30.2 Å². The standard InChI is InChI=1S/C34H24N2O8/c1-39-27-13-23-25(15-29(27)41-3)35-31(43-33(23)37)19-7-5-17-10-22-12-20(8-6-18(22)9-21(17)11-19)32-36-26-16-30(42-4)28(40-2)14-24(26)34(38)44-32/h5-16H,1-4H3. The Morgan fingerprint density at radius 3 is 1.25 bits per heavy atom. The Morgan fingerprint density at radius 2 is 0.864 bits per heavy atom. The Morgan fingerprint density at radius 1 is 0.477 bits per heavy atom. The molecule has 218 valence electrons. The van der Waals surface area contributed by atoms with Crippen LogP contribution >= 0.6 is 0 Å². The number of benzene rings is 5. The van der Waals surface area contributed by atoms with Gasteiger partial charge in [-0.05, 0) is 57.9 Å². The number of aromatic nitrogens is 2. The molecule has 5 aromatic carbocycles. The molecular weight excluding hydrogens is 564 g/mol. The Kier molecular flexibility index (Phi) is 6.39. The summed E-state index contributed by atoms with van der Waals surface area (Å²) in [5.41, 5.74) is 1.12. The molecule has 2 heterocycles. The van der Waals surface area contributed by atoms with Gasteiger partial charge in [0.15, 0.2) is 23.0 Å². The van der Waals surface area contributed by atoms with Gasteiger partial charge in [0.25, 0.3) is 0 Å². The highest BCUT2D eigenvalue weighted by Crippen LogP contribution is 2.34. The molecule has 0 aliphatic heterocycles. The summed E-state index contributed by atoms with van der Waals surface area (Å²) in [5.74, 6) is 2.15. The highest BCUT2D eigenvalue weighted by Gasteiger charge is 2.16. The minimum absolute atomic E-state index is 0.193. The lowest BCUT2D eigenvalue weighted by atomic mass is 10.00. The predicted molar refractivity (Wildman–Crippen MR) is 166 cm³/mol. The Labute approximate surface area is 249 Å². The van der Waals surface area contributed by atoms with E-state index >= 15 is 0 Å². The predicted octanol–water partition coefficient (Wildman–Crippen LogP) is 6.36. The second kappa shape index (κ2) is 10.4. The van der Waals surface area contributed by atoms with Crippen LogP contribution in [0.4, 0.5) is 0 Å². The van der Waals surface area contributed by atoms with Crippen LogP contribution in [0.3, 0.4) is 0 Å². The topological polar surface area (TPSA) is 123 Å². The zero-order valence-electron chi connectivity index (χ0n) is 24.1. The Bertz CT molecular complexity index is 2230. The van der Waals surface area contributed by atoms with Crippen LogP contribution in [0.25, 0.3) is 66.3 Å². The van der Waals surface area contributed by atoms with Gasteiger partial charge in [-0.1, -0.05) is 12.1 Å². The summed E-state index contributed by atoms with van der Waals surface area (Å²) in [6.07, 6.45) is 0. The average molecular weight is 589 g/mol. The number of hydrogen-bond acceptors (Lipinski definition) is 10. The van der Waals surface area contributed by atoms with Crippen molar-refractivity contribution in [1.29, 1.82) is 0 Å². The fourth-order valence-electron chi connectivity index (χ4n) is 5.31. The molecule has 0 aliphatic rings. The van der Waals surface area contributed by atoms with Gasteiger partial charge in [0, 0.05) is 35.4 Å². The van der Waals surface area contributed by atoms with Crippen molar-refractivity contribution in [1.82, 2.24) is 9.97 Å². The van der Waals surface area contributed by atoms with Gasteiger partial charge in [-0.3, -0.25) is 0 Å². The maximum Gasteiger partial charge on any atom is 0.347 e. The molecule has 0 amide bonds. The van der Waals surface area contributed by atoms with E-state index < -0.39 is 11.3 Å². The maximum atomic E-state index is 12.8. The third-order valence-corrected chi connectivity index (χ3v) is 7.56. The van der Waals surface area contributed by atoms with E-state index in [-0.39, 0.29) is 11.8 Å². The number of ether oxygens (including phenoxy) is 4. The molecule has 0 aliphatic carbocycles. The normalized spacial score (nSPS) is 11.4. The van der Waals surface area contributed by atoms with Crippen molar-refractivity contribution in [3.63, 3.8) is 0 Å². The van der Waals surface area contributed by atoms with E-state index in [9.17, 15) is 9.59 Å². The lowest BCUT2D eigenvalue weighted by Crippen LogP contribution is -2.04. The maximum absolute atomic E-state index is 12.8. The van der Waals surface area contributed by atoms with Crippen molar-refractivity contribution in [2.75, 3.05) is 28.4 Å². The summed E-state index contributed by atoms with van der Waals surface area (Å²) in [4.78, 5) is 34.9. The van der Waals surface area contributed by atoms with Crippen molar-refractivity contribution in [3.8, 4) is 45.9 Å². The minimum atomic E-state index is -0.524. The van der Waals surface area contributed by atoms with Gasteiger partial charge in [-0.25, -0.2) is 19.6 Å². The first-order chi connectivity index (χ1) is 21.4. The second-order valence-electron chi connectivity index (χ2n) is 10.0. The monoisotopic (exact) mass is 588 g/mol. The summed E-state index contributed by atoms with van der Waals surface area (Å²) in [5, 5.41) is 4.36. The van der Waals surface area contributed by atoms with Gasteiger partial charge >= 0.3 is 11.3 Å². The van der Waals surface area contributed by atoms with E-state index in [1.807, 2.05) is 48.5 Å². The van der Waals surface area contributed by atoms with E-state index in [0.717, 1.165) is 21.5 Å². The molecular formula is C34H24N2O8. The van der Waals surface area contributed by atoms with Crippen molar-refractivity contribution < 1.29 is 27.8 Å². The number of nitrogens with zero attached hydrogens (tertiary/aromatic N) is 2. The molecule has 7 rings (SSSR count). The van der Waals surface area contributed by atoms with Gasteiger partial charge < -0.3 is 27.8 Å². The molecule has 0 unspecified atom stereocenters. The molecule has 0 bridgehead atoms. The fourth-order valence-corrected chi connectivity index (χ4v) is 5.31. The first kappa shape index (κ1) is 27.0. The van der Waals surface area contributed by atoms with Gasteiger partial charge in [0.2, 0.25) is 11.8 Å². The van der Waals surface area contributed by atoms with E-state index in [0.29, 0.717) is 55.9 Å². The zero-order valence-corrected chi connectivity index (χ0v) is 24.1. The van der Waals surface area contributed by atoms with Crippen molar-refractivity contribution in [2.45, 2.75) is 0 Å². The van der Waals surface area contributed by atoms with E-state index in [4.69, 9.17) is 27.8 Å². The largest absolute Gasteiger partial charge is 0.493 e. The van der Waals surface area contributed by atoms with E-state index in [2.05, 4.69) is 9.97 Å². The zero-order chi connectivity index (χ0) is 30.5. The second-order valence-corrected chi connectivity index (χ2v) is 10.0. The Balaban J connectivity index is 1.29. The molecule has 0 fully saturated rings. The molecule has 10 nitrogen and oxygen atoms in total. The molecule has 0 spiro atoms. The van der Waals surface area contributed by atoms with E-state index in [1.165, 1.54) is 28.4 Å². The SMILES string of the molecule is COc1cc2nc(-c3ccc4cc5cc(-c6nc7cc(OC)c(OC)cc7c(=O)o6)ccc5cc4c3)oc(=O)c2cc1OC. The molecule has 10 heteroatoms. The number of fused-ring (bicyclic) bond motifs is 4. The quantitative estimate of drug-likeness (QED) is 0.203. The van der Waals surface area contributed by atoms with Crippen LogP contribution in [-0.4, -0.2) is 38.4 Å². The van der Waals surface area contributed by atoms with Crippen molar-refractivity contribution >= 4 is 43.4 Å². The lowest BCUT2D eigenvalue weighted by Gasteiger charge is -2.10. The summed E-state index contributed by atoms with van der Waals surface area (Å²) in [6.45, 7) is 0. The number of methoxy groups -OCH3 is 4. The summed E-state index contributed by atoms with van der Waals surface area (Å²) >= 11 is 0. The van der Waals surface area contributed by atoms with Gasteiger partial charge in [-0.2, -0.15) is 0 Å². The van der Waals surface area contributed by atoms with Crippen molar-refractivity contribution in [3.05, 3.63) is 93.6 Å². The van der Waals surface area contributed by atoms with Gasteiger partial charge in [0.1, 0.15) is 0 Å². The van der Waals surface area contributed by atoms with E-state index in [1.54, 1.807) is 24.3 Å². The molecule has 0 saturated carbocycles. The molecule has 7 aromatic rings. The third kappa shape index (κ3) is 4.44. The summed E-state index contributed by atoms with van der Waals surface area (Å²) < 4.78 is 32.6.